The van der Waals surface area contributed by atoms with Crippen LogP contribution < -0.4 is 33.2 Å². The van der Waals surface area contributed by atoms with Crippen LogP contribution in [0.1, 0.15) is 46.0 Å². The first kappa shape index (κ1) is 26.3. The lowest BCUT2D eigenvalue weighted by Crippen LogP contribution is -2.56. The Bertz CT molecular complexity index is 599. The van der Waals surface area contributed by atoms with Gasteiger partial charge < -0.3 is 38.3 Å². The molecule has 4 atom stereocenters. The predicted molar refractivity (Wildman–Crippen MR) is 104 cm³/mol. The van der Waals surface area contributed by atoms with E-state index in [1.54, 1.807) is 0 Å². The Kier molecular flexibility index (Phi) is 12.2. The summed E-state index contributed by atoms with van der Waals surface area (Å²) in [5.74, 6) is -3.74. The maximum absolute atomic E-state index is 12.5. The van der Waals surface area contributed by atoms with Crippen molar-refractivity contribution in [2.24, 2.45) is 17.2 Å². The van der Waals surface area contributed by atoms with Gasteiger partial charge in [0.25, 0.3) is 0 Å². The molecular formula is C17H32N6O6. The molecule has 10 N–H and O–H groups in total. The quantitative estimate of drug-likeness (QED) is 0.147. The summed E-state index contributed by atoms with van der Waals surface area (Å²) < 4.78 is 0. The summed E-state index contributed by atoms with van der Waals surface area (Å²) in [6, 6.07) is -4.14. The molecule has 12 nitrogen and oxygen atoms in total. The molecule has 166 valence electrons. The molecule has 0 saturated carbocycles. The van der Waals surface area contributed by atoms with Gasteiger partial charge in [0.1, 0.15) is 18.1 Å². The minimum atomic E-state index is -1.21. The molecule has 0 heterocycles. The van der Waals surface area contributed by atoms with E-state index >= 15 is 0 Å². The van der Waals surface area contributed by atoms with Crippen LogP contribution in [0.4, 0.5) is 0 Å². The highest BCUT2D eigenvalue weighted by molar-refractivity contribution is 5.93. The van der Waals surface area contributed by atoms with E-state index in [4.69, 9.17) is 22.3 Å². The van der Waals surface area contributed by atoms with Crippen LogP contribution in [-0.4, -0.2) is 65.4 Å². The van der Waals surface area contributed by atoms with Crippen molar-refractivity contribution in [3.8, 4) is 0 Å². The van der Waals surface area contributed by atoms with Crippen LogP contribution >= 0.6 is 0 Å². The molecule has 0 fully saturated rings. The number of nitrogens with one attached hydrogen (secondary N) is 3. The van der Waals surface area contributed by atoms with Gasteiger partial charge in [0, 0.05) is 6.42 Å². The lowest BCUT2D eigenvalue weighted by molar-refractivity contribution is -0.141. The number of nitrogens with two attached hydrogens (primary N) is 3. The highest BCUT2D eigenvalue weighted by Gasteiger charge is 2.27. The normalized spacial score (nSPS) is 14.8. The lowest BCUT2D eigenvalue weighted by Gasteiger charge is -2.23. The van der Waals surface area contributed by atoms with Crippen molar-refractivity contribution in [2.45, 2.75) is 70.1 Å². The molecule has 0 bridgehead atoms. The topological polar surface area (TPSA) is 220 Å². The first-order chi connectivity index (χ1) is 13.5. The zero-order valence-electron chi connectivity index (χ0n) is 16.8. The highest BCUT2D eigenvalue weighted by Crippen LogP contribution is 2.04. The van der Waals surface area contributed by atoms with Crippen LogP contribution in [0.5, 0.6) is 0 Å². The molecule has 0 aromatic carbocycles. The van der Waals surface area contributed by atoms with E-state index in [1.165, 1.54) is 13.8 Å². The Morgan fingerprint density at radius 2 is 1.45 bits per heavy atom. The minimum Gasteiger partial charge on any atom is -0.480 e. The molecule has 0 aromatic rings. The van der Waals surface area contributed by atoms with Crippen LogP contribution in [0.15, 0.2) is 0 Å². The van der Waals surface area contributed by atoms with Crippen LogP contribution in [0, 0.1) is 0 Å². The van der Waals surface area contributed by atoms with E-state index in [9.17, 15) is 24.0 Å². The van der Waals surface area contributed by atoms with Gasteiger partial charge in [-0.2, -0.15) is 0 Å². The van der Waals surface area contributed by atoms with Crippen molar-refractivity contribution in [1.29, 1.82) is 0 Å². The van der Waals surface area contributed by atoms with E-state index in [-0.39, 0.29) is 19.3 Å². The van der Waals surface area contributed by atoms with Gasteiger partial charge in [-0.15, -0.1) is 0 Å². The Morgan fingerprint density at radius 1 is 0.862 bits per heavy atom. The zero-order valence-corrected chi connectivity index (χ0v) is 16.8. The SMILES string of the molecule is CC(NC(=O)C(C)NC(=O)C(CCCCN)NC(=O)C(N)CCC(N)=O)C(=O)O. The van der Waals surface area contributed by atoms with E-state index in [2.05, 4.69) is 16.0 Å². The summed E-state index contributed by atoms with van der Waals surface area (Å²) >= 11 is 0. The summed E-state index contributed by atoms with van der Waals surface area (Å²) in [6.07, 6.45) is 1.39. The number of hydrogen-bond donors (Lipinski definition) is 7. The third-order valence-electron chi connectivity index (χ3n) is 4.10. The summed E-state index contributed by atoms with van der Waals surface area (Å²) in [5, 5.41) is 16.0. The number of carbonyl (C=O) groups is 5. The van der Waals surface area contributed by atoms with Gasteiger partial charge in [-0.3, -0.25) is 24.0 Å². The van der Waals surface area contributed by atoms with E-state index < -0.39 is 53.8 Å². The Labute approximate surface area is 169 Å². The van der Waals surface area contributed by atoms with Gasteiger partial charge in [-0.25, -0.2) is 0 Å². The third kappa shape index (κ3) is 11.0. The van der Waals surface area contributed by atoms with Crippen molar-refractivity contribution in [3.63, 3.8) is 0 Å². The third-order valence-corrected chi connectivity index (χ3v) is 4.10. The molecule has 0 aliphatic rings. The molecule has 0 rings (SSSR count). The summed E-state index contributed by atoms with van der Waals surface area (Å²) in [4.78, 5) is 58.4. The van der Waals surface area contributed by atoms with Gasteiger partial charge in [-0.1, -0.05) is 0 Å². The number of primary amides is 1. The molecule has 0 aromatic heterocycles. The first-order valence-electron chi connectivity index (χ1n) is 9.37. The maximum atomic E-state index is 12.5. The second-order valence-corrected chi connectivity index (χ2v) is 6.76. The van der Waals surface area contributed by atoms with Crippen LogP contribution in [0.2, 0.25) is 0 Å². The fourth-order valence-electron chi connectivity index (χ4n) is 2.25. The second-order valence-electron chi connectivity index (χ2n) is 6.76. The number of carbonyl (C=O) groups excluding carboxylic acids is 4. The molecule has 0 spiro atoms. The molecule has 4 amide bonds. The average Bonchev–Trinajstić information content (AvgIpc) is 2.64. The highest BCUT2D eigenvalue weighted by atomic mass is 16.4. The molecule has 0 aliphatic carbocycles. The van der Waals surface area contributed by atoms with Gasteiger partial charge in [-0.05, 0) is 46.1 Å². The van der Waals surface area contributed by atoms with Crippen molar-refractivity contribution in [1.82, 2.24) is 16.0 Å². The van der Waals surface area contributed by atoms with Gasteiger partial charge >= 0.3 is 5.97 Å². The second kappa shape index (κ2) is 13.4. The summed E-state index contributed by atoms with van der Waals surface area (Å²) in [6.45, 7) is 3.09. The fourth-order valence-corrected chi connectivity index (χ4v) is 2.25. The fraction of sp³-hybridized carbons (Fsp3) is 0.706. The van der Waals surface area contributed by atoms with Crippen LogP contribution in [0.3, 0.4) is 0 Å². The van der Waals surface area contributed by atoms with E-state index in [1.807, 2.05) is 0 Å². The van der Waals surface area contributed by atoms with Crippen molar-refractivity contribution < 1.29 is 29.1 Å². The largest absolute Gasteiger partial charge is 0.480 e. The summed E-state index contributed by atoms with van der Waals surface area (Å²) in [5.41, 5.74) is 16.2. The Hall–Kier alpha value is -2.73. The van der Waals surface area contributed by atoms with Crippen LogP contribution in [-0.2, 0) is 24.0 Å². The zero-order chi connectivity index (χ0) is 22.6. The average molecular weight is 416 g/mol. The summed E-state index contributed by atoms with van der Waals surface area (Å²) in [7, 11) is 0. The molecular weight excluding hydrogens is 384 g/mol. The molecule has 29 heavy (non-hydrogen) atoms. The molecule has 0 aliphatic heterocycles. The number of hydrogen-bond acceptors (Lipinski definition) is 7. The predicted octanol–water partition coefficient (Wildman–Crippen LogP) is -2.71. The first-order valence-corrected chi connectivity index (χ1v) is 9.37. The van der Waals surface area contributed by atoms with E-state index in [0.29, 0.717) is 19.4 Å². The van der Waals surface area contributed by atoms with Gasteiger partial charge in [0.15, 0.2) is 0 Å². The number of unbranched alkanes of at least 4 members (excludes halogenated alkanes) is 1. The van der Waals surface area contributed by atoms with Gasteiger partial charge in [0.05, 0.1) is 6.04 Å². The number of carboxylic acids is 1. The number of rotatable bonds is 14. The standard InChI is InChI=1S/C17H32N6O6/c1-9(14(25)22-10(2)17(28)29)21-16(27)12(5-3-4-8-18)23-15(26)11(19)6-7-13(20)24/h9-12H,3-8,18-19H2,1-2H3,(H2,20,24)(H,21,27)(H,22,25)(H,23,26)(H,28,29). The van der Waals surface area contributed by atoms with Crippen molar-refractivity contribution in [2.75, 3.05) is 6.54 Å². The number of amides is 4. The number of aliphatic carboxylic acids is 1. The monoisotopic (exact) mass is 416 g/mol. The number of carboxylic acid groups (broad SMARTS) is 1. The minimum absolute atomic E-state index is 0.0319. The van der Waals surface area contributed by atoms with Crippen molar-refractivity contribution in [3.05, 3.63) is 0 Å². The maximum Gasteiger partial charge on any atom is 0.325 e. The van der Waals surface area contributed by atoms with Gasteiger partial charge in [0.2, 0.25) is 23.6 Å². The molecule has 12 heteroatoms. The molecule has 0 saturated heterocycles. The Balaban J connectivity index is 4.93. The molecule has 0 radical (unpaired) electrons. The van der Waals surface area contributed by atoms with E-state index in [0.717, 1.165) is 0 Å². The molecule has 4 unspecified atom stereocenters. The Morgan fingerprint density at radius 3 is 1.97 bits per heavy atom. The smallest absolute Gasteiger partial charge is 0.325 e. The lowest BCUT2D eigenvalue weighted by atomic mass is 10.1. The van der Waals surface area contributed by atoms with Crippen LogP contribution in [0.25, 0.3) is 0 Å². The van der Waals surface area contributed by atoms with Crippen molar-refractivity contribution >= 4 is 29.6 Å².